The molecule has 2 aliphatic rings. The molecule has 4 heterocycles. The number of imidazole rings is 1. The lowest BCUT2D eigenvalue weighted by atomic mass is 10.2. The number of anilines is 1. The molecule has 1 amide bonds. The molecule has 7 heteroatoms. The van der Waals surface area contributed by atoms with Crippen molar-refractivity contribution in [1.29, 1.82) is 5.26 Å². The largest absolute Gasteiger partial charge is 0.347 e. The van der Waals surface area contributed by atoms with Gasteiger partial charge in [0.2, 0.25) is 0 Å². The van der Waals surface area contributed by atoms with Gasteiger partial charge in [-0.05, 0) is 25.0 Å². The van der Waals surface area contributed by atoms with Crippen molar-refractivity contribution in [3.8, 4) is 6.07 Å². The van der Waals surface area contributed by atoms with E-state index in [0.717, 1.165) is 44.1 Å². The second-order valence-electron chi connectivity index (χ2n) is 6.15. The van der Waals surface area contributed by atoms with Gasteiger partial charge in [0.15, 0.2) is 0 Å². The number of hydrogen-bond donors (Lipinski definition) is 0. The molecule has 2 aliphatic heterocycles. The first kappa shape index (κ1) is 14.7. The van der Waals surface area contributed by atoms with Crippen LogP contribution in [0.4, 0.5) is 5.82 Å². The highest BCUT2D eigenvalue weighted by atomic mass is 16.2. The number of carbonyl (C=O) groups is 1. The normalized spacial score (nSPS) is 16.8. The molecule has 0 N–H and O–H groups in total. The van der Waals surface area contributed by atoms with E-state index in [9.17, 15) is 4.79 Å². The molecule has 0 aliphatic carbocycles. The van der Waals surface area contributed by atoms with E-state index in [1.165, 1.54) is 0 Å². The lowest BCUT2D eigenvalue weighted by molar-refractivity contribution is 0.0781. The predicted octanol–water partition coefficient (Wildman–Crippen LogP) is 1.41. The average Bonchev–Trinajstić information content (AvgIpc) is 3.30. The number of aromatic nitrogens is 3. The lowest BCUT2D eigenvalue weighted by Crippen LogP contribution is -2.37. The van der Waals surface area contributed by atoms with Crippen molar-refractivity contribution in [2.24, 2.45) is 0 Å². The van der Waals surface area contributed by atoms with Crippen molar-refractivity contribution < 1.29 is 4.79 Å². The molecule has 0 bridgehead atoms. The minimum Gasteiger partial charge on any atom is -0.347 e. The Morgan fingerprint density at radius 2 is 1.92 bits per heavy atom. The molecule has 1 saturated heterocycles. The van der Waals surface area contributed by atoms with Gasteiger partial charge in [-0.3, -0.25) is 4.79 Å². The summed E-state index contributed by atoms with van der Waals surface area (Å²) < 4.78 is 2.03. The average molecular weight is 322 g/mol. The summed E-state index contributed by atoms with van der Waals surface area (Å²) in [6, 6.07) is 5.70. The molecule has 122 valence electrons. The molecular formula is C17H18N6O. The van der Waals surface area contributed by atoms with Crippen molar-refractivity contribution in [2.45, 2.75) is 25.9 Å². The van der Waals surface area contributed by atoms with Crippen molar-refractivity contribution in [3.63, 3.8) is 0 Å². The third-order valence-electron chi connectivity index (χ3n) is 4.68. The standard InChI is InChI=1S/C17H18N6O/c18-9-13-3-4-15(19-10-13)22-7-8-23-14(11-20-16(23)12-22)17(24)21-5-1-2-6-21/h3-4,10-11H,1-2,5-8,12H2. The van der Waals surface area contributed by atoms with Crippen LogP contribution in [0.1, 0.15) is 34.7 Å². The first-order valence-corrected chi connectivity index (χ1v) is 8.21. The Kier molecular flexibility index (Phi) is 3.65. The number of hydrogen-bond acceptors (Lipinski definition) is 5. The molecule has 0 atom stereocenters. The maximum absolute atomic E-state index is 12.6. The van der Waals surface area contributed by atoms with Crippen molar-refractivity contribution >= 4 is 11.7 Å². The summed E-state index contributed by atoms with van der Waals surface area (Å²) in [4.78, 5) is 25.4. The second-order valence-corrected chi connectivity index (χ2v) is 6.15. The molecule has 1 fully saturated rings. The Balaban J connectivity index is 1.54. The number of likely N-dealkylation sites (tertiary alicyclic amines) is 1. The summed E-state index contributed by atoms with van der Waals surface area (Å²) >= 11 is 0. The highest BCUT2D eigenvalue weighted by Crippen LogP contribution is 2.21. The first-order chi connectivity index (χ1) is 11.8. The summed E-state index contributed by atoms with van der Waals surface area (Å²) in [5, 5.41) is 8.86. The Bertz CT molecular complexity index is 797. The first-order valence-electron chi connectivity index (χ1n) is 8.21. The van der Waals surface area contributed by atoms with Gasteiger partial charge in [0.05, 0.1) is 18.3 Å². The summed E-state index contributed by atoms with van der Waals surface area (Å²) in [6.45, 7) is 3.79. The number of fused-ring (bicyclic) bond motifs is 1. The fourth-order valence-electron chi connectivity index (χ4n) is 3.35. The Hall–Kier alpha value is -2.88. The monoisotopic (exact) mass is 322 g/mol. The smallest absolute Gasteiger partial charge is 0.272 e. The van der Waals surface area contributed by atoms with Gasteiger partial charge in [-0.25, -0.2) is 9.97 Å². The minimum atomic E-state index is 0.0937. The van der Waals surface area contributed by atoms with Gasteiger partial charge in [-0.1, -0.05) is 0 Å². The van der Waals surface area contributed by atoms with E-state index in [4.69, 9.17) is 5.26 Å². The highest BCUT2D eigenvalue weighted by Gasteiger charge is 2.27. The summed E-state index contributed by atoms with van der Waals surface area (Å²) in [5.41, 5.74) is 1.25. The number of nitriles is 1. The van der Waals surface area contributed by atoms with E-state index in [2.05, 4.69) is 20.9 Å². The molecule has 0 unspecified atom stereocenters. The van der Waals surface area contributed by atoms with E-state index in [1.807, 2.05) is 15.5 Å². The molecule has 0 aromatic carbocycles. The Labute approximate surface area is 140 Å². The van der Waals surface area contributed by atoms with E-state index >= 15 is 0 Å². The fourth-order valence-corrected chi connectivity index (χ4v) is 3.35. The van der Waals surface area contributed by atoms with Gasteiger partial charge in [0.1, 0.15) is 23.4 Å². The fraction of sp³-hybridized carbons (Fsp3) is 0.412. The molecule has 4 rings (SSSR count). The van der Waals surface area contributed by atoms with Crippen LogP contribution in [0.15, 0.2) is 24.5 Å². The van der Waals surface area contributed by atoms with Gasteiger partial charge in [0.25, 0.3) is 5.91 Å². The van der Waals surface area contributed by atoms with Gasteiger partial charge < -0.3 is 14.4 Å². The van der Waals surface area contributed by atoms with E-state index in [0.29, 0.717) is 24.3 Å². The van der Waals surface area contributed by atoms with Gasteiger partial charge >= 0.3 is 0 Å². The quantitative estimate of drug-likeness (QED) is 0.835. The number of pyridine rings is 1. The van der Waals surface area contributed by atoms with Crippen LogP contribution < -0.4 is 4.90 Å². The zero-order chi connectivity index (χ0) is 16.5. The number of nitrogens with zero attached hydrogens (tertiary/aromatic N) is 6. The third-order valence-corrected chi connectivity index (χ3v) is 4.68. The number of carbonyl (C=O) groups excluding carboxylic acids is 1. The molecule has 0 radical (unpaired) electrons. The van der Waals surface area contributed by atoms with Crippen LogP contribution in [0, 0.1) is 11.3 Å². The number of amides is 1. The van der Waals surface area contributed by atoms with E-state index < -0.39 is 0 Å². The van der Waals surface area contributed by atoms with Crippen LogP contribution in [-0.4, -0.2) is 45.0 Å². The Morgan fingerprint density at radius 1 is 1.08 bits per heavy atom. The number of rotatable bonds is 2. The molecule has 0 saturated carbocycles. The zero-order valence-corrected chi connectivity index (χ0v) is 13.4. The van der Waals surface area contributed by atoms with Crippen molar-refractivity contribution in [2.75, 3.05) is 24.5 Å². The summed E-state index contributed by atoms with van der Waals surface area (Å²) in [7, 11) is 0. The van der Waals surface area contributed by atoms with Crippen molar-refractivity contribution in [1.82, 2.24) is 19.4 Å². The third kappa shape index (κ3) is 2.50. The molecule has 7 nitrogen and oxygen atoms in total. The summed E-state index contributed by atoms with van der Waals surface area (Å²) in [6.07, 6.45) is 5.46. The molecular weight excluding hydrogens is 304 g/mol. The van der Waals surface area contributed by atoms with Crippen LogP contribution in [0.5, 0.6) is 0 Å². The summed E-state index contributed by atoms with van der Waals surface area (Å²) in [5.74, 6) is 1.81. The van der Waals surface area contributed by atoms with Gasteiger partial charge in [-0.2, -0.15) is 5.26 Å². The van der Waals surface area contributed by atoms with Crippen molar-refractivity contribution in [3.05, 3.63) is 41.6 Å². The highest BCUT2D eigenvalue weighted by molar-refractivity contribution is 5.92. The van der Waals surface area contributed by atoms with Crippen LogP contribution >= 0.6 is 0 Å². The molecule has 2 aromatic heterocycles. The van der Waals surface area contributed by atoms with Crippen LogP contribution in [0.3, 0.4) is 0 Å². The minimum absolute atomic E-state index is 0.0937. The second kappa shape index (κ2) is 5.96. The van der Waals surface area contributed by atoms with Crippen LogP contribution in [-0.2, 0) is 13.1 Å². The van der Waals surface area contributed by atoms with E-state index in [-0.39, 0.29) is 5.91 Å². The lowest BCUT2D eigenvalue weighted by Gasteiger charge is -2.29. The SMILES string of the molecule is N#Cc1ccc(N2CCn3c(C(=O)N4CCCC4)cnc3C2)nc1. The van der Waals surface area contributed by atoms with Crippen LogP contribution in [0.2, 0.25) is 0 Å². The maximum Gasteiger partial charge on any atom is 0.272 e. The van der Waals surface area contributed by atoms with E-state index in [1.54, 1.807) is 18.5 Å². The predicted molar refractivity (Wildman–Crippen MR) is 87.4 cm³/mol. The maximum atomic E-state index is 12.6. The zero-order valence-electron chi connectivity index (χ0n) is 13.4. The molecule has 24 heavy (non-hydrogen) atoms. The topological polar surface area (TPSA) is 78.0 Å². The Morgan fingerprint density at radius 3 is 2.62 bits per heavy atom. The van der Waals surface area contributed by atoms with Gasteiger partial charge in [-0.15, -0.1) is 0 Å². The molecule has 2 aromatic rings. The van der Waals surface area contributed by atoms with Gasteiger partial charge in [0, 0.05) is 32.4 Å². The molecule has 0 spiro atoms. The van der Waals surface area contributed by atoms with Crippen LogP contribution in [0.25, 0.3) is 0 Å².